The molecule has 0 bridgehead atoms. The van der Waals surface area contributed by atoms with Crippen molar-refractivity contribution in [3.63, 3.8) is 0 Å². The van der Waals surface area contributed by atoms with Crippen LogP contribution in [0.15, 0.2) is 18.2 Å². The Hall–Kier alpha value is -1.40. The molecule has 0 amide bonds. The van der Waals surface area contributed by atoms with Crippen LogP contribution in [0.5, 0.6) is 11.5 Å². The molecule has 2 unspecified atom stereocenters. The van der Waals surface area contributed by atoms with Crippen LogP contribution >= 0.6 is 0 Å². The Bertz CT molecular complexity index is 457. The lowest BCUT2D eigenvalue weighted by Crippen LogP contribution is -2.37. The first kappa shape index (κ1) is 16.0. The Morgan fingerprint density at radius 2 is 2.24 bits per heavy atom. The van der Waals surface area contributed by atoms with Crippen LogP contribution in [0.2, 0.25) is 0 Å². The summed E-state index contributed by atoms with van der Waals surface area (Å²) in [5.41, 5.74) is 0.661. The number of methoxy groups -OCH3 is 1. The molecule has 1 fully saturated rings. The molecule has 1 aromatic carbocycles. The van der Waals surface area contributed by atoms with Gasteiger partial charge in [0.05, 0.1) is 13.2 Å². The van der Waals surface area contributed by atoms with E-state index in [-0.39, 0.29) is 11.9 Å². The summed E-state index contributed by atoms with van der Waals surface area (Å²) < 4.78 is 40.3. The van der Waals surface area contributed by atoms with Gasteiger partial charge in [0.25, 0.3) is 0 Å². The zero-order valence-corrected chi connectivity index (χ0v) is 12.3. The number of para-hydroxylation sites is 1. The number of halogens is 2. The molecule has 2 atom stereocenters. The van der Waals surface area contributed by atoms with Crippen LogP contribution < -0.4 is 14.8 Å². The first-order chi connectivity index (χ1) is 10.1. The van der Waals surface area contributed by atoms with Gasteiger partial charge in [0.15, 0.2) is 11.5 Å². The molecule has 0 saturated carbocycles. The van der Waals surface area contributed by atoms with Crippen LogP contribution in [0.25, 0.3) is 0 Å². The van der Waals surface area contributed by atoms with Crippen molar-refractivity contribution in [2.45, 2.75) is 45.1 Å². The van der Waals surface area contributed by atoms with E-state index >= 15 is 0 Å². The maximum Gasteiger partial charge on any atom is 0.387 e. The van der Waals surface area contributed by atoms with Crippen LogP contribution in [0.3, 0.4) is 0 Å². The minimum Gasteiger partial charge on any atom is -0.493 e. The van der Waals surface area contributed by atoms with Crippen molar-refractivity contribution in [1.29, 1.82) is 0 Å². The van der Waals surface area contributed by atoms with Crippen molar-refractivity contribution in [3.05, 3.63) is 23.8 Å². The van der Waals surface area contributed by atoms with Gasteiger partial charge in [-0.3, -0.25) is 0 Å². The second-order valence-electron chi connectivity index (χ2n) is 5.11. The number of nitrogens with one attached hydrogen (secondary N) is 1. The number of ether oxygens (including phenoxy) is 3. The average Bonchev–Trinajstić information content (AvgIpc) is 2.45. The van der Waals surface area contributed by atoms with Crippen molar-refractivity contribution in [1.82, 2.24) is 5.32 Å². The third-order valence-corrected chi connectivity index (χ3v) is 3.55. The van der Waals surface area contributed by atoms with Gasteiger partial charge in [0.1, 0.15) is 0 Å². The van der Waals surface area contributed by atoms with E-state index in [0.29, 0.717) is 23.9 Å². The van der Waals surface area contributed by atoms with Gasteiger partial charge >= 0.3 is 6.61 Å². The largest absolute Gasteiger partial charge is 0.493 e. The molecule has 21 heavy (non-hydrogen) atoms. The summed E-state index contributed by atoms with van der Waals surface area (Å²) in [6, 6.07) is 5.45. The second-order valence-corrected chi connectivity index (χ2v) is 5.11. The summed E-state index contributed by atoms with van der Waals surface area (Å²) in [6.45, 7) is 0.335. The van der Waals surface area contributed by atoms with Crippen LogP contribution in [-0.4, -0.2) is 32.5 Å². The van der Waals surface area contributed by atoms with Gasteiger partial charge < -0.3 is 19.5 Å². The quantitative estimate of drug-likeness (QED) is 0.877. The maximum absolute atomic E-state index is 12.5. The molecule has 1 heterocycles. The van der Waals surface area contributed by atoms with Crippen molar-refractivity contribution >= 4 is 0 Å². The van der Waals surface area contributed by atoms with Gasteiger partial charge in [-0.25, -0.2) is 0 Å². The van der Waals surface area contributed by atoms with E-state index < -0.39 is 6.61 Å². The van der Waals surface area contributed by atoms with E-state index in [4.69, 9.17) is 9.47 Å². The van der Waals surface area contributed by atoms with Gasteiger partial charge in [-0.1, -0.05) is 12.1 Å². The van der Waals surface area contributed by atoms with Crippen molar-refractivity contribution in [2.24, 2.45) is 0 Å². The molecule has 118 valence electrons. The van der Waals surface area contributed by atoms with Crippen LogP contribution in [-0.2, 0) is 11.3 Å². The van der Waals surface area contributed by atoms with Gasteiger partial charge in [0.2, 0.25) is 0 Å². The fourth-order valence-electron chi connectivity index (χ4n) is 2.52. The van der Waals surface area contributed by atoms with Crippen LogP contribution in [0, 0.1) is 0 Å². The molecule has 6 heteroatoms. The highest BCUT2D eigenvalue weighted by Gasteiger charge is 2.20. The molecule has 1 aliphatic heterocycles. The molecular formula is C15H21F2NO3. The fourth-order valence-corrected chi connectivity index (χ4v) is 2.52. The lowest BCUT2D eigenvalue weighted by molar-refractivity contribution is -0.0519. The number of hydrogen-bond acceptors (Lipinski definition) is 4. The van der Waals surface area contributed by atoms with E-state index in [1.165, 1.54) is 7.11 Å². The van der Waals surface area contributed by atoms with Crippen LogP contribution in [0.4, 0.5) is 8.78 Å². The lowest BCUT2D eigenvalue weighted by atomic mass is 10.0. The molecule has 1 N–H and O–H groups in total. The summed E-state index contributed by atoms with van der Waals surface area (Å²) in [7, 11) is 1.44. The SMILES string of the molecule is COc1cccc(CNC2CCOC(C)C2)c1OC(F)F. The highest BCUT2D eigenvalue weighted by molar-refractivity contribution is 5.46. The fraction of sp³-hybridized carbons (Fsp3) is 0.600. The summed E-state index contributed by atoms with van der Waals surface area (Å²) in [5, 5.41) is 3.37. The average molecular weight is 301 g/mol. The first-order valence-corrected chi connectivity index (χ1v) is 7.05. The predicted molar refractivity (Wildman–Crippen MR) is 74.9 cm³/mol. The molecule has 0 aromatic heterocycles. The summed E-state index contributed by atoms with van der Waals surface area (Å²) in [4.78, 5) is 0. The van der Waals surface area contributed by atoms with E-state index in [1.807, 2.05) is 6.92 Å². The highest BCUT2D eigenvalue weighted by atomic mass is 19.3. The third-order valence-electron chi connectivity index (χ3n) is 3.55. The van der Waals surface area contributed by atoms with Crippen molar-refractivity contribution < 1.29 is 23.0 Å². The van der Waals surface area contributed by atoms with E-state index in [2.05, 4.69) is 10.1 Å². The molecule has 0 spiro atoms. The monoisotopic (exact) mass is 301 g/mol. The summed E-state index contributed by atoms with van der Waals surface area (Å²) >= 11 is 0. The second kappa shape index (κ2) is 7.56. The Labute approximate surface area is 123 Å². The van der Waals surface area contributed by atoms with Crippen LogP contribution in [0.1, 0.15) is 25.3 Å². The van der Waals surface area contributed by atoms with E-state index in [0.717, 1.165) is 19.4 Å². The van der Waals surface area contributed by atoms with E-state index in [1.54, 1.807) is 18.2 Å². The van der Waals surface area contributed by atoms with Crippen molar-refractivity contribution in [2.75, 3.05) is 13.7 Å². The number of alkyl halides is 2. The zero-order valence-electron chi connectivity index (χ0n) is 12.3. The Morgan fingerprint density at radius 1 is 1.43 bits per heavy atom. The highest BCUT2D eigenvalue weighted by Crippen LogP contribution is 2.32. The Kier molecular flexibility index (Phi) is 5.76. The molecule has 0 aliphatic carbocycles. The minimum absolute atomic E-state index is 0.0996. The number of hydrogen-bond donors (Lipinski definition) is 1. The first-order valence-electron chi connectivity index (χ1n) is 7.05. The predicted octanol–water partition coefficient (Wildman–Crippen LogP) is 2.95. The topological polar surface area (TPSA) is 39.7 Å². The molecule has 2 rings (SSSR count). The van der Waals surface area contributed by atoms with Crippen molar-refractivity contribution in [3.8, 4) is 11.5 Å². The molecule has 4 nitrogen and oxygen atoms in total. The molecular weight excluding hydrogens is 280 g/mol. The zero-order chi connectivity index (χ0) is 15.2. The molecule has 1 aliphatic rings. The third kappa shape index (κ3) is 4.54. The lowest BCUT2D eigenvalue weighted by Gasteiger charge is -2.28. The van der Waals surface area contributed by atoms with Gasteiger partial charge in [-0.15, -0.1) is 0 Å². The van der Waals surface area contributed by atoms with Gasteiger partial charge in [0, 0.05) is 24.8 Å². The Balaban J connectivity index is 2.04. The number of rotatable bonds is 6. The molecule has 0 radical (unpaired) electrons. The van der Waals surface area contributed by atoms with Gasteiger partial charge in [-0.05, 0) is 25.8 Å². The van der Waals surface area contributed by atoms with E-state index in [9.17, 15) is 8.78 Å². The maximum atomic E-state index is 12.5. The smallest absolute Gasteiger partial charge is 0.387 e. The minimum atomic E-state index is -2.87. The number of benzene rings is 1. The van der Waals surface area contributed by atoms with Gasteiger partial charge in [-0.2, -0.15) is 8.78 Å². The normalized spacial score (nSPS) is 22.3. The molecule has 1 saturated heterocycles. The summed E-state index contributed by atoms with van der Waals surface area (Å²) in [5.74, 6) is 0.414. The molecule has 1 aromatic rings. The Morgan fingerprint density at radius 3 is 2.90 bits per heavy atom. The summed E-state index contributed by atoms with van der Waals surface area (Å²) in [6.07, 6.45) is 2.05. The standard InChI is InChI=1S/C15H21F2NO3/c1-10-8-12(6-7-20-10)18-9-11-4-3-5-13(19-2)14(11)21-15(16)17/h3-5,10,12,15,18H,6-9H2,1-2H3.